The fraction of sp³-hybridized carbons (Fsp3) is 0.538. The van der Waals surface area contributed by atoms with E-state index in [1.54, 1.807) is 18.2 Å². The third kappa shape index (κ3) is 3.26. The lowest BCUT2D eigenvalue weighted by molar-refractivity contribution is 0.198. The van der Waals surface area contributed by atoms with Crippen LogP contribution in [0, 0.1) is 0 Å². The van der Waals surface area contributed by atoms with Gasteiger partial charge in [-0.25, -0.2) is 13.1 Å². The maximum atomic E-state index is 12.2. The summed E-state index contributed by atoms with van der Waals surface area (Å²) in [5.41, 5.74) is 0.669. The van der Waals surface area contributed by atoms with Gasteiger partial charge in [0, 0.05) is 19.6 Å². The van der Waals surface area contributed by atoms with Crippen LogP contribution >= 0.6 is 0 Å². The summed E-state index contributed by atoms with van der Waals surface area (Å²) in [6, 6.07) is 6.94. The SMILES string of the molecule is CCCNS(=O)(=O)c1ccccc1N1CC[C@H](O)C1. The number of aliphatic hydroxyl groups is 1. The first-order chi connectivity index (χ1) is 9.04. The van der Waals surface area contributed by atoms with Crippen molar-refractivity contribution in [3.05, 3.63) is 24.3 Å². The molecule has 0 aliphatic carbocycles. The Morgan fingerprint density at radius 1 is 1.42 bits per heavy atom. The van der Waals surface area contributed by atoms with Crippen LogP contribution < -0.4 is 9.62 Å². The molecule has 19 heavy (non-hydrogen) atoms. The van der Waals surface area contributed by atoms with Crippen LogP contribution in [0.1, 0.15) is 19.8 Å². The van der Waals surface area contributed by atoms with Gasteiger partial charge in [-0.3, -0.25) is 0 Å². The van der Waals surface area contributed by atoms with Gasteiger partial charge in [-0.2, -0.15) is 0 Å². The summed E-state index contributed by atoms with van der Waals surface area (Å²) in [6.07, 6.45) is 1.06. The number of sulfonamides is 1. The van der Waals surface area contributed by atoms with E-state index in [0.29, 0.717) is 31.7 Å². The molecule has 0 unspecified atom stereocenters. The van der Waals surface area contributed by atoms with Crippen LogP contribution in [0.5, 0.6) is 0 Å². The molecule has 5 nitrogen and oxygen atoms in total. The largest absolute Gasteiger partial charge is 0.391 e. The molecule has 2 rings (SSSR count). The maximum Gasteiger partial charge on any atom is 0.242 e. The van der Waals surface area contributed by atoms with Crippen LogP contribution in [0.3, 0.4) is 0 Å². The highest BCUT2D eigenvalue weighted by Gasteiger charge is 2.26. The zero-order valence-corrected chi connectivity index (χ0v) is 11.9. The van der Waals surface area contributed by atoms with Crippen molar-refractivity contribution < 1.29 is 13.5 Å². The molecule has 0 bridgehead atoms. The molecule has 0 spiro atoms. The smallest absolute Gasteiger partial charge is 0.242 e. The molecule has 0 radical (unpaired) electrons. The van der Waals surface area contributed by atoms with Crippen LogP contribution in [0.15, 0.2) is 29.2 Å². The lowest BCUT2D eigenvalue weighted by Gasteiger charge is -2.21. The molecular formula is C13H20N2O3S. The Hall–Kier alpha value is -1.11. The number of benzene rings is 1. The van der Waals surface area contributed by atoms with Gasteiger partial charge in [0.05, 0.1) is 11.8 Å². The minimum absolute atomic E-state index is 0.289. The molecule has 1 saturated heterocycles. The summed E-state index contributed by atoms with van der Waals surface area (Å²) in [5, 5.41) is 9.59. The van der Waals surface area contributed by atoms with E-state index in [9.17, 15) is 13.5 Å². The number of anilines is 1. The Kier molecular flexibility index (Phi) is 4.44. The summed E-state index contributed by atoms with van der Waals surface area (Å²) in [4.78, 5) is 2.21. The second-order valence-corrected chi connectivity index (χ2v) is 6.49. The van der Waals surface area contributed by atoms with E-state index in [1.807, 2.05) is 17.9 Å². The van der Waals surface area contributed by atoms with Crippen LogP contribution in [0.2, 0.25) is 0 Å². The van der Waals surface area contributed by atoms with E-state index < -0.39 is 10.0 Å². The Bertz CT molecular complexity index is 530. The van der Waals surface area contributed by atoms with Crippen LogP contribution in [0.25, 0.3) is 0 Å². The highest BCUT2D eigenvalue weighted by molar-refractivity contribution is 7.89. The van der Waals surface area contributed by atoms with Crippen LogP contribution in [-0.2, 0) is 10.0 Å². The molecule has 0 saturated carbocycles. The van der Waals surface area contributed by atoms with E-state index in [-0.39, 0.29) is 11.0 Å². The van der Waals surface area contributed by atoms with Gasteiger partial charge in [-0.1, -0.05) is 19.1 Å². The molecule has 1 heterocycles. The number of hydrogen-bond donors (Lipinski definition) is 2. The van der Waals surface area contributed by atoms with Crippen LogP contribution in [-0.4, -0.2) is 39.3 Å². The number of β-amino-alcohol motifs (C(OH)–C–C–N with tert-alkyl or cyclic N) is 1. The van der Waals surface area contributed by atoms with Crippen molar-refractivity contribution in [1.29, 1.82) is 0 Å². The Morgan fingerprint density at radius 2 is 2.16 bits per heavy atom. The molecule has 1 aromatic carbocycles. The lowest BCUT2D eigenvalue weighted by Crippen LogP contribution is -2.28. The fourth-order valence-electron chi connectivity index (χ4n) is 2.22. The van der Waals surface area contributed by atoms with Crippen molar-refractivity contribution in [1.82, 2.24) is 4.72 Å². The van der Waals surface area contributed by atoms with Gasteiger partial charge in [0.15, 0.2) is 0 Å². The van der Waals surface area contributed by atoms with Gasteiger partial charge < -0.3 is 10.0 Å². The van der Waals surface area contributed by atoms with E-state index in [2.05, 4.69) is 4.72 Å². The molecule has 1 aliphatic rings. The van der Waals surface area contributed by atoms with E-state index in [0.717, 1.165) is 6.42 Å². The zero-order valence-electron chi connectivity index (χ0n) is 11.0. The van der Waals surface area contributed by atoms with Crippen molar-refractivity contribution in [3.63, 3.8) is 0 Å². The second-order valence-electron chi connectivity index (χ2n) is 4.75. The van der Waals surface area contributed by atoms with Crippen molar-refractivity contribution in [3.8, 4) is 0 Å². The summed E-state index contributed by atoms with van der Waals surface area (Å²) in [7, 11) is -3.48. The minimum atomic E-state index is -3.48. The van der Waals surface area contributed by atoms with Gasteiger partial charge in [0.25, 0.3) is 0 Å². The number of hydrogen-bond acceptors (Lipinski definition) is 4. The van der Waals surface area contributed by atoms with Crippen molar-refractivity contribution in [2.45, 2.75) is 30.8 Å². The number of nitrogens with zero attached hydrogens (tertiary/aromatic N) is 1. The third-order valence-corrected chi connectivity index (χ3v) is 4.71. The first-order valence-electron chi connectivity index (χ1n) is 6.56. The Morgan fingerprint density at radius 3 is 2.79 bits per heavy atom. The quantitative estimate of drug-likeness (QED) is 0.844. The fourth-order valence-corrected chi connectivity index (χ4v) is 3.58. The van der Waals surface area contributed by atoms with E-state index in [4.69, 9.17) is 0 Å². The topological polar surface area (TPSA) is 69.6 Å². The standard InChI is InChI=1S/C13H20N2O3S/c1-2-8-14-19(17,18)13-6-4-3-5-12(13)15-9-7-11(16)10-15/h3-6,11,14,16H,2,7-10H2,1H3/t11-/m0/s1. The predicted molar refractivity (Wildman–Crippen MR) is 74.8 cm³/mol. The molecule has 6 heteroatoms. The van der Waals surface area contributed by atoms with Gasteiger partial charge in [-0.15, -0.1) is 0 Å². The number of nitrogens with one attached hydrogen (secondary N) is 1. The minimum Gasteiger partial charge on any atom is -0.391 e. The summed E-state index contributed by atoms with van der Waals surface area (Å²) in [6.45, 7) is 3.52. The molecule has 2 N–H and O–H groups in total. The molecule has 1 atom stereocenters. The first-order valence-corrected chi connectivity index (χ1v) is 8.04. The highest BCUT2D eigenvalue weighted by Crippen LogP contribution is 2.27. The molecule has 0 amide bonds. The highest BCUT2D eigenvalue weighted by atomic mass is 32.2. The van der Waals surface area contributed by atoms with Crippen LogP contribution in [0.4, 0.5) is 5.69 Å². The van der Waals surface area contributed by atoms with Crippen molar-refractivity contribution >= 4 is 15.7 Å². The Balaban J connectivity index is 2.31. The zero-order chi connectivity index (χ0) is 13.9. The number of rotatable bonds is 5. The number of para-hydroxylation sites is 1. The van der Waals surface area contributed by atoms with Crippen molar-refractivity contribution in [2.75, 3.05) is 24.5 Å². The predicted octanol–water partition coefficient (Wildman–Crippen LogP) is 0.946. The first kappa shape index (κ1) is 14.3. The monoisotopic (exact) mass is 284 g/mol. The normalized spacial score (nSPS) is 19.9. The molecule has 1 fully saturated rings. The molecule has 106 valence electrons. The molecular weight excluding hydrogens is 264 g/mol. The molecule has 1 aromatic rings. The van der Waals surface area contributed by atoms with Gasteiger partial charge >= 0.3 is 0 Å². The van der Waals surface area contributed by atoms with E-state index >= 15 is 0 Å². The average Bonchev–Trinajstić information content (AvgIpc) is 2.83. The average molecular weight is 284 g/mol. The molecule has 1 aliphatic heterocycles. The second kappa shape index (κ2) is 5.90. The Labute approximate surface area is 114 Å². The lowest BCUT2D eigenvalue weighted by atomic mass is 10.3. The summed E-state index contributed by atoms with van der Waals surface area (Å²) < 4.78 is 27.1. The van der Waals surface area contributed by atoms with Gasteiger partial charge in [-0.05, 0) is 25.0 Å². The molecule has 0 aromatic heterocycles. The van der Waals surface area contributed by atoms with Gasteiger partial charge in [0.2, 0.25) is 10.0 Å². The summed E-state index contributed by atoms with van der Waals surface area (Å²) >= 11 is 0. The summed E-state index contributed by atoms with van der Waals surface area (Å²) in [5.74, 6) is 0. The van der Waals surface area contributed by atoms with E-state index in [1.165, 1.54) is 0 Å². The third-order valence-electron chi connectivity index (χ3n) is 3.20. The van der Waals surface area contributed by atoms with Gasteiger partial charge in [0.1, 0.15) is 4.90 Å². The van der Waals surface area contributed by atoms with Crippen molar-refractivity contribution in [2.24, 2.45) is 0 Å². The number of aliphatic hydroxyl groups excluding tert-OH is 1. The maximum absolute atomic E-state index is 12.2.